The molecule has 0 radical (unpaired) electrons. The maximum absolute atomic E-state index is 12.5. The van der Waals surface area contributed by atoms with E-state index < -0.39 is 5.91 Å². The van der Waals surface area contributed by atoms with Crippen molar-refractivity contribution in [2.45, 2.75) is 44.6 Å². The van der Waals surface area contributed by atoms with E-state index in [-0.39, 0.29) is 5.41 Å². The number of hydrogen-bond acceptors (Lipinski definition) is 6. The Bertz CT molecular complexity index is 1540. The number of hydrogen-bond donors (Lipinski definition) is 1. The minimum absolute atomic E-state index is 0.260. The van der Waals surface area contributed by atoms with E-state index in [9.17, 15) is 4.79 Å². The molecule has 8 heteroatoms. The van der Waals surface area contributed by atoms with Gasteiger partial charge in [-0.25, -0.2) is 4.98 Å². The second kappa shape index (κ2) is 9.08. The zero-order chi connectivity index (χ0) is 25.9. The number of aryl methyl sites for hydroxylation is 1. The molecule has 1 aliphatic carbocycles. The molecule has 1 aliphatic heterocycles. The maximum Gasteiger partial charge on any atom is 0.249 e. The number of amides is 1. The van der Waals surface area contributed by atoms with Crippen LogP contribution in [-0.4, -0.2) is 47.0 Å². The number of rotatable bonds is 7. The average molecular weight is 533 g/mol. The molecule has 1 saturated heterocycles. The van der Waals surface area contributed by atoms with Crippen molar-refractivity contribution in [1.82, 2.24) is 14.9 Å². The monoisotopic (exact) mass is 532 g/mol. The third-order valence-electron chi connectivity index (χ3n) is 7.98. The fraction of sp³-hybridized carbons (Fsp3) is 0.345. The summed E-state index contributed by atoms with van der Waals surface area (Å²) >= 11 is 8.11. The number of ether oxygens (including phenoxy) is 1. The van der Waals surface area contributed by atoms with Gasteiger partial charge in [0.15, 0.2) is 0 Å². The Hall–Kier alpha value is -3.00. The summed E-state index contributed by atoms with van der Waals surface area (Å²) in [6, 6.07) is 12.7. The number of primary amides is 1. The van der Waals surface area contributed by atoms with E-state index >= 15 is 0 Å². The molecule has 2 aliphatic rings. The number of likely N-dealkylation sites (tertiary alicyclic amines) is 1. The molecule has 1 unspecified atom stereocenters. The lowest BCUT2D eigenvalue weighted by molar-refractivity contribution is 0.0767. The number of carbonyl (C=O) groups is 1. The van der Waals surface area contributed by atoms with Gasteiger partial charge >= 0.3 is 0 Å². The summed E-state index contributed by atoms with van der Waals surface area (Å²) in [5, 5.41) is 2.54. The molecule has 0 spiro atoms. The minimum Gasteiger partial charge on any atom is -0.492 e. The Balaban J connectivity index is 1.50. The quantitative estimate of drug-likeness (QED) is 0.321. The minimum atomic E-state index is -0.437. The molecule has 1 saturated carbocycles. The van der Waals surface area contributed by atoms with Crippen LogP contribution in [0.2, 0.25) is 5.15 Å². The zero-order valence-electron chi connectivity index (χ0n) is 21.2. The van der Waals surface area contributed by atoms with Crippen LogP contribution in [0.1, 0.15) is 51.3 Å². The van der Waals surface area contributed by atoms with Crippen molar-refractivity contribution in [2.75, 3.05) is 20.2 Å². The Morgan fingerprint density at radius 3 is 2.68 bits per heavy atom. The van der Waals surface area contributed by atoms with E-state index in [1.807, 2.05) is 26.1 Å². The van der Waals surface area contributed by atoms with Crippen molar-refractivity contribution < 1.29 is 9.53 Å². The third kappa shape index (κ3) is 4.19. The summed E-state index contributed by atoms with van der Waals surface area (Å²) < 4.78 is 6.24. The predicted molar refractivity (Wildman–Crippen MR) is 149 cm³/mol. The van der Waals surface area contributed by atoms with Gasteiger partial charge in [-0.05, 0) is 99.3 Å². The molecule has 0 bridgehead atoms. The summed E-state index contributed by atoms with van der Waals surface area (Å²) in [5.74, 6) is 0.258. The molecule has 2 fully saturated rings. The zero-order valence-corrected chi connectivity index (χ0v) is 22.7. The van der Waals surface area contributed by atoms with E-state index in [0.29, 0.717) is 29.1 Å². The smallest absolute Gasteiger partial charge is 0.249 e. The predicted octanol–water partition coefficient (Wildman–Crippen LogP) is 5.89. The van der Waals surface area contributed by atoms with Crippen LogP contribution in [0.5, 0.6) is 5.75 Å². The molecule has 2 aromatic heterocycles. The summed E-state index contributed by atoms with van der Waals surface area (Å²) in [6.07, 6.45) is 4.86. The molecule has 2 aromatic carbocycles. The molecule has 6 rings (SSSR count). The molecule has 37 heavy (non-hydrogen) atoms. The molecular formula is C29H29ClN4O2S. The average Bonchev–Trinajstić information content (AvgIpc) is 3.60. The number of fused-ring (bicyclic) bond motifs is 1. The summed E-state index contributed by atoms with van der Waals surface area (Å²) in [7, 11) is 2.11. The highest BCUT2D eigenvalue weighted by Gasteiger charge is 2.48. The number of pyridine rings is 1. The van der Waals surface area contributed by atoms with Crippen molar-refractivity contribution in [2.24, 2.45) is 5.73 Å². The fourth-order valence-electron chi connectivity index (χ4n) is 5.59. The highest BCUT2D eigenvalue weighted by molar-refractivity contribution is 7.15. The molecule has 1 atom stereocenters. The van der Waals surface area contributed by atoms with Crippen LogP contribution in [0.4, 0.5) is 0 Å². The van der Waals surface area contributed by atoms with Gasteiger partial charge in [0, 0.05) is 28.6 Å². The highest BCUT2D eigenvalue weighted by Crippen LogP contribution is 2.57. The van der Waals surface area contributed by atoms with Crippen LogP contribution in [0.15, 0.2) is 42.6 Å². The van der Waals surface area contributed by atoms with Gasteiger partial charge in [0.2, 0.25) is 5.91 Å². The first-order chi connectivity index (χ1) is 17.8. The van der Waals surface area contributed by atoms with Gasteiger partial charge in [0.05, 0.1) is 15.4 Å². The second-order valence-corrected chi connectivity index (χ2v) is 11.8. The maximum atomic E-state index is 12.5. The molecule has 6 nitrogen and oxygen atoms in total. The summed E-state index contributed by atoms with van der Waals surface area (Å²) in [4.78, 5) is 24.8. The van der Waals surface area contributed by atoms with Gasteiger partial charge in [-0.15, -0.1) is 11.3 Å². The topological polar surface area (TPSA) is 81.3 Å². The number of halogens is 1. The van der Waals surface area contributed by atoms with Crippen LogP contribution < -0.4 is 10.5 Å². The fourth-order valence-corrected chi connectivity index (χ4v) is 6.79. The highest BCUT2D eigenvalue weighted by atomic mass is 35.5. The number of thiazole rings is 1. The lowest BCUT2D eigenvalue weighted by atomic mass is 9.81. The van der Waals surface area contributed by atoms with E-state index in [1.54, 1.807) is 17.4 Å². The van der Waals surface area contributed by atoms with E-state index in [1.165, 1.54) is 5.56 Å². The number of nitrogens with two attached hydrogens (primary N) is 1. The Labute approximate surface area is 225 Å². The molecule has 2 N–H and O–H groups in total. The van der Waals surface area contributed by atoms with Gasteiger partial charge in [0.25, 0.3) is 0 Å². The number of likely N-dealkylation sites (N-methyl/N-ethyl adjacent to an activating group) is 1. The van der Waals surface area contributed by atoms with Gasteiger partial charge in [0.1, 0.15) is 17.5 Å². The largest absolute Gasteiger partial charge is 0.492 e. The van der Waals surface area contributed by atoms with Crippen LogP contribution in [-0.2, 0) is 5.41 Å². The number of benzene rings is 2. The van der Waals surface area contributed by atoms with Gasteiger partial charge in [-0.2, -0.15) is 0 Å². The Morgan fingerprint density at radius 1 is 1.24 bits per heavy atom. The Kier molecular flexibility index (Phi) is 5.97. The first-order valence-corrected chi connectivity index (χ1v) is 13.8. The standard InChI is InChI=1S/C29H29ClN4O2S/c1-16-22(28(31)35)13-20(36-15-19-6-10-34(19)3)14-23(16)29(7-8-29)24-11-18(26-27(30)33-17(2)37-26)12-25-21(24)5-4-9-32-25/h4-5,9,11-14,19H,6-8,10,15H2,1-3H3,(H2,31,35). The first kappa shape index (κ1) is 24.3. The number of nitrogens with zero attached hydrogens (tertiary/aromatic N) is 3. The molecule has 1 amide bonds. The molecule has 4 aromatic rings. The summed E-state index contributed by atoms with van der Waals surface area (Å²) in [5.41, 5.74) is 11.2. The normalized spacial score (nSPS) is 18.5. The van der Waals surface area contributed by atoms with E-state index in [2.05, 4.69) is 41.2 Å². The van der Waals surface area contributed by atoms with Crippen molar-refractivity contribution >= 4 is 39.7 Å². The Morgan fingerprint density at radius 2 is 2.05 bits per heavy atom. The lowest BCUT2D eigenvalue weighted by Crippen LogP contribution is -2.48. The van der Waals surface area contributed by atoms with E-state index in [4.69, 9.17) is 27.1 Å². The molecule has 190 valence electrons. The van der Waals surface area contributed by atoms with Crippen LogP contribution >= 0.6 is 22.9 Å². The van der Waals surface area contributed by atoms with Crippen molar-refractivity contribution in [1.29, 1.82) is 0 Å². The van der Waals surface area contributed by atoms with Gasteiger partial charge < -0.3 is 10.5 Å². The summed E-state index contributed by atoms with van der Waals surface area (Å²) in [6.45, 7) is 5.64. The third-order valence-corrected chi connectivity index (χ3v) is 9.39. The van der Waals surface area contributed by atoms with Crippen LogP contribution in [0, 0.1) is 13.8 Å². The number of aromatic nitrogens is 2. The van der Waals surface area contributed by atoms with Gasteiger partial charge in [-0.3, -0.25) is 14.7 Å². The molecular weight excluding hydrogens is 504 g/mol. The molecule has 3 heterocycles. The van der Waals surface area contributed by atoms with Gasteiger partial charge in [-0.1, -0.05) is 17.7 Å². The van der Waals surface area contributed by atoms with E-state index in [0.717, 1.165) is 63.3 Å². The number of carbonyl (C=O) groups excluding carboxylic acids is 1. The lowest BCUT2D eigenvalue weighted by Gasteiger charge is -2.37. The van der Waals surface area contributed by atoms with Crippen LogP contribution in [0.25, 0.3) is 21.3 Å². The van der Waals surface area contributed by atoms with Crippen LogP contribution in [0.3, 0.4) is 0 Å². The van der Waals surface area contributed by atoms with Crippen molar-refractivity contribution in [3.05, 3.63) is 75.0 Å². The first-order valence-electron chi connectivity index (χ1n) is 12.6. The second-order valence-electron chi connectivity index (χ2n) is 10.3. The van der Waals surface area contributed by atoms with Crippen molar-refractivity contribution in [3.63, 3.8) is 0 Å². The van der Waals surface area contributed by atoms with Crippen molar-refractivity contribution in [3.8, 4) is 16.2 Å². The SMILES string of the molecule is Cc1nc(Cl)c(-c2cc(C3(c4cc(OCC5CCN5C)cc(C(N)=O)c4C)CC3)c3cccnc3c2)s1.